The summed E-state index contributed by atoms with van der Waals surface area (Å²) in [6.07, 6.45) is 3.44. The molecular formula is C16H22N2O3. The van der Waals surface area contributed by atoms with Crippen LogP contribution in [0.4, 0.5) is 5.69 Å². The lowest BCUT2D eigenvalue weighted by Crippen LogP contribution is -2.37. The number of piperidine rings is 1. The van der Waals surface area contributed by atoms with Gasteiger partial charge in [0.2, 0.25) is 5.91 Å². The lowest BCUT2D eigenvalue weighted by Gasteiger charge is -2.29. The van der Waals surface area contributed by atoms with E-state index >= 15 is 0 Å². The molecule has 1 heterocycles. The van der Waals surface area contributed by atoms with Crippen LogP contribution >= 0.6 is 0 Å². The molecule has 0 spiro atoms. The molecule has 0 radical (unpaired) electrons. The van der Waals surface area contributed by atoms with Crippen molar-refractivity contribution in [3.63, 3.8) is 0 Å². The summed E-state index contributed by atoms with van der Waals surface area (Å²) in [5, 5.41) is 2.87. The number of amides is 1. The largest absolute Gasteiger partial charge is 0.495 e. The number of rotatable bonds is 6. The maximum Gasteiger partial charge on any atom is 0.225 e. The van der Waals surface area contributed by atoms with Crippen LogP contribution in [0.25, 0.3) is 0 Å². The normalized spacial score (nSPS) is 19.0. The van der Waals surface area contributed by atoms with Gasteiger partial charge in [-0.1, -0.05) is 12.1 Å². The van der Waals surface area contributed by atoms with E-state index in [1.54, 1.807) is 7.11 Å². The lowest BCUT2D eigenvalue weighted by molar-refractivity contribution is -0.116. The molecule has 1 aromatic rings. The second-order valence-electron chi connectivity index (χ2n) is 5.34. The van der Waals surface area contributed by atoms with Gasteiger partial charge in [0, 0.05) is 25.4 Å². The summed E-state index contributed by atoms with van der Waals surface area (Å²) in [6, 6.07) is 7.36. The zero-order chi connectivity index (χ0) is 15.1. The fourth-order valence-electron chi connectivity index (χ4n) is 2.63. The average molecular weight is 290 g/mol. The van der Waals surface area contributed by atoms with Gasteiger partial charge in [0.1, 0.15) is 12.0 Å². The Hall–Kier alpha value is -1.88. The van der Waals surface area contributed by atoms with Gasteiger partial charge in [0.25, 0.3) is 0 Å². The number of hydrogen-bond donors (Lipinski definition) is 1. The summed E-state index contributed by atoms with van der Waals surface area (Å²) in [4.78, 5) is 25.0. The Morgan fingerprint density at radius 3 is 3.05 bits per heavy atom. The number of carbonyl (C=O) groups excluding carboxylic acids is 2. The Morgan fingerprint density at radius 1 is 1.48 bits per heavy atom. The van der Waals surface area contributed by atoms with Gasteiger partial charge in [-0.05, 0) is 31.5 Å². The minimum absolute atomic E-state index is 0.0345. The van der Waals surface area contributed by atoms with E-state index in [0.29, 0.717) is 24.4 Å². The van der Waals surface area contributed by atoms with E-state index < -0.39 is 0 Å². The average Bonchev–Trinajstić information content (AvgIpc) is 2.53. The maximum absolute atomic E-state index is 12.0. The third-order valence-corrected chi connectivity index (χ3v) is 3.77. The maximum atomic E-state index is 12.0. The highest BCUT2D eigenvalue weighted by molar-refractivity contribution is 5.92. The second kappa shape index (κ2) is 7.78. The first kappa shape index (κ1) is 15.5. The molecule has 114 valence electrons. The van der Waals surface area contributed by atoms with Gasteiger partial charge < -0.3 is 19.7 Å². The lowest BCUT2D eigenvalue weighted by atomic mass is 10.00. The first-order chi connectivity index (χ1) is 10.2. The van der Waals surface area contributed by atoms with Crippen LogP contribution in [0.1, 0.15) is 19.3 Å². The predicted molar refractivity (Wildman–Crippen MR) is 81.5 cm³/mol. The number of likely N-dealkylation sites (tertiary alicyclic amines) is 1. The molecule has 1 N–H and O–H groups in total. The van der Waals surface area contributed by atoms with E-state index in [2.05, 4.69) is 10.2 Å². The fourth-order valence-corrected chi connectivity index (χ4v) is 2.63. The van der Waals surface area contributed by atoms with Crippen LogP contribution in [-0.2, 0) is 9.59 Å². The van der Waals surface area contributed by atoms with Crippen molar-refractivity contribution in [3.05, 3.63) is 24.3 Å². The minimum atomic E-state index is -0.0345. The van der Waals surface area contributed by atoms with Crippen molar-refractivity contribution in [1.29, 1.82) is 0 Å². The van der Waals surface area contributed by atoms with Gasteiger partial charge in [-0.25, -0.2) is 0 Å². The molecule has 0 aliphatic carbocycles. The summed E-state index contributed by atoms with van der Waals surface area (Å²) in [5.74, 6) is 0.744. The zero-order valence-electron chi connectivity index (χ0n) is 12.4. The molecule has 1 saturated heterocycles. The molecule has 1 fully saturated rings. The highest BCUT2D eigenvalue weighted by Gasteiger charge is 2.19. The molecule has 1 aromatic carbocycles. The number of nitrogens with one attached hydrogen (secondary N) is 1. The molecule has 5 heteroatoms. The van der Waals surface area contributed by atoms with Crippen molar-refractivity contribution >= 4 is 17.9 Å². The Bertz CT molecular complexity index is 490. The third-order valence-electron chi connectivity index (χ3n) is 3.77. The number of methoxy groups -OCH3 is 1. The number of ether oxygens (including phenoxy) is 1. The fraction of sp³-hybridized carbons (Fsp3) is 0.500. The van der Waals surface area contributed by atoms with Gasteiger partial charge in [-0.2, -0.15) is 0 Å². The number of carbonyl (C=O) groups is 2. The third kappa shape index (κ3) is 4.56. The van der Waals surface area contributed by atoms with Crippen molar-refractivity contribution in [3.8, 4) is 5.75 Å². The molecule has 21 heavy (non-hydrogen) atoms. The summed E-state index contributed by atoms with van der Waals surface area (Å²) in [5.41, 5.74) is 0.689. The van der Waals surface area contributed by atoms with Crippen LogP contribution < -0.4 is 10.1 Å². The Labute approximate surface area is 125 Å². The summed E-state index contributed by atoms with van der Waals surface area (Å²) < 4.78 is 5.21. The standard InChI is InChI=1S/C16H22N2O3/c1-21-15-7-3-2-6-14(15)17-16(20)8-10-18-9-4-5-13(11-18)12-19/h2-3,6-7,12-13H,4-5,8-11H2,1H3,(H,17,20). The summed E-state index contributed by atoms with van der Waals surface area (Å²) >= 11 is 0. The molecule has 0 aromatic heterocycles. The van der Waals surface area contributed by atoms with Crippen LogP contribution in [-0.4, -0.2) is 43.8 Å². The summed E-state index contributed by atoms with van der Waals surface area (Å²) in [7, 11) is 1.58. The van der Waals surface area contributed by atoms with E-state index in [-0.39, 0.29) is 11.8 Å². The van der Waals surface area contributed by atoms with E-state index in [0.717, 1.165) is 32.2 Å². The first-order valence-electron chi connectivity index (χ1n) is 7.33. The molecule has 2 rings (SSSR count). The molecule has 1 atom stereocenters. The number of hydrogen-bond acceptors (Lipinski definition) is 4. The number of para-hydroxylation sites is 2. The predicted octanol–water partition coefficient (Wildman–Crippen LogP) is 1.93. The Balaban J connectivity index is 1.80. The Morgan fingerprint density at radius 2 is 2.29 bits per heavy atom. The van der Waals surface area contributed by atoms with Crippen molar-refractivity contribution in [2.24, 2.45) is 5.92 Å². The van der Waals surface area contributed by atoms with Gasteiger partial charge in [0.15, 0.2) is 0 Å². The number of anilines is 1. The van der Waals surface area contributed by atoms with Gasteiger partial charge in [-0.15, -0.1) is 0 Å². The van der Waals surface area contributed by atoms with Crippen LogP contribution in [0.15, 0.2) is 24.3 Å². The summed E-state index contributed by atoms with van der Waals surface area (Å²) in [6.45, 7) is 2.42. The van der Waals surface area contributed by atoms with Crippen LogP contribution in [0.5, 0.6) is 5.75 Å². The molecule has 1 amide bonds. The molecule has 1 aliphatic heterocycles. The van der Waals surface area contributed by atoms with Gasteiger partial charge in [-0.3, -0.25) is 4.79 Å². The van der Waals surface area contributed by atoms with E-state index in [1.807, 2.05) is 24.3 Å². The Kier molecular flexibility index (Phi) is 5.75. The number of benzene rings is 1. The monoisotopic (exact) mass is 290 g/mol. The topological polar surface area (TPSA) is 58.6 Å². The molecule has 0 saturated carbocycles. The molecule has 1 unspecified atom stereocenters. The smallest absolute Gasteiger partial charge is 0.225 e. The number of nitrogens with zero attached hydrogens (tertiary/aromatic N) is 1. The highest BCUT2D eigenvalue weighted by Crippen LogP contribution is 2.23. The van der Waals surface area contributed by atoms with E-state index in [9.17, 15) is 9.59 Å². The zero-order valence-corrected chi connectivity index (χ0v) is 12.4. The van der Waals surface area contributed by atoms with Crippen LogP contribution in [0.2, 0.25) is 0 Å². The quantitative estimate of drug-likeness (QED) is 0.813. The van der Waals surface area contributed by atoms with E-state index in [4.69, 9.17) is 4.74 Å². The van der Waals surface area contributed by atoms with Crippen molar-refractivity contribution < 1.29 is 14.3 Å². The van der Waals surface area contributed by atoms with Gasteiger partial charge >= 0.3 is 0 Å². The molecule has 1 aliphatic rings. The van der Waals surface area contributed by atoms with Crippen molar-refractivity contribution in [1.82, 2.24) is 4.90 Å². The first-order valence-corrected chi connectivity index (χ1v) is 7.33. The van der Waals surface area contributed by atoms with Gasteiger partial charge in [0.05, 0.1) is 12.8 Å². The SMILES string of the molecule is COc1ccccc1NC(=O)CCN1CCCC(C=O)C1. The second-order valence-corrected chi connectivity index (χ2v) is 5.34. The number of aldehydes is 1. The van der Waals surface area contributed by atoms with Crippen molar-refractivity contribution in [2.75, 3.05) is 32.1 Å². The highest BCUT2D eigenvalue weighted by atomic mass is 16.5. The van der Waals surface area contributed by atoms with Crippen molar-refractivity contribution in [2.45, 2.75) is 19.3 Å². The molecule has 0 bridgehead atoms. The van der Waals surface area contributed by atoms with Crippen LogP contribution in [0.3, 0.4) is 0 Å². The molecule has 5 nitrogen and oxygen atoms in total. The van der Waals surface area contributed by atoms with Crippen LogP contribution in [0, 0.1) is 5.92 Å². The van der Waals surface area contributed by atoms with E-state index in [1.165, 1.54) is 0 Å². The minimum Gasteiger partial charge on any atom is -0.495 e. The molecular weight excluding hydrogens is 268 g/mol.